The van der Waals surface area contributed by atoms with E-state index < -0.39 is 5.41 Å². The molecule has 3 aliphatic rings. The van der Waals surface area contributed by atoms with Crippen molar-refractivity contribution in [3.8, 4) is 45.5 Å². The number of pyridine rings is 1. The van der Waals surface area contributed by atoms with Gasteiger partial charge in [-0.25, -0.2) is 4.98 Å². The van der Waals surface area contributed by atoms with Gasteiger partial charge in [0, 0.05) is 22.1 Å². The second-order valence-electron chi connectivity index (χ2n) is 11.7. The number of hydrogen-bond donors (Lipinski definition) is 0. The van der Waals surface area contributed by atoms with Crippen LogP contribution in [0.4, 0.5) is 0 Å². The number of ether oxygens (including phenoxy) is 1. The average molecular weight is 607 g/mol. The summed E-state index contributed by atoms with van der Waals surface area (Å²) in [6.45, 7) is 0. The van der Waals surface area contributed by atoms with Crippen LogP contribution >= 0.6 is 11.8 Å². The van der Waals surface area contributed by atoms with Gasteiger partial charge in [0.25, 0.3) is 0 Å². The maximum absolute atomic E-state index is 10.1. The highest BCUT2D eigenvalue weighted by Gasteiger charge is 2.59. The molecule has 1 unspecified atom stereocenters. The van der Waals surface area contributed by atoms with Gasteiger partial charge in [0.2, 0.25) is 0 Å². The van der Waals surface area contributed by atoms with Crippen molar-refractivity contribution in [2.45, 2.75) is 10.3 Å². The van der Waals surface area contributed by atoms with Crippen molar-refractivity contribution in [1.29, 1.82) is 5.26 Å². The molecule has 0 saturated heterocycles. The van der Waals surface area contributed by atoms with E-state index in [2.05, 4.69) is 72.8 Å². The Kier molecular flexibility index (Phi) is 5.18. The molecule has 46 heavy (non-hydrogen) atoms. The number of furan rings is 1. The highest BCUT2D eigenvalue weighted by Crippen LogP contribution is 2.68. The van der Waals surface area contributed by atoms with Crippen molar-refractivity contribution in [2.24, 2.45) is 0 Å². The molecule has 214 valence electrons. The van der Waals surface area contributed by atoms with E-state index in [1.165, 1.54) is 0 Å². The Morgan fingerprint density at radius 3 is 2.33 bits per heavy atom. The first-order valence-corrected chi connectivity index (χ1v) is 16.0. The third-order valence-corrected chi connectivity index (χ3v) is 10.5. The fraction of sp³-hybridized carbons (Fsp3) is 0.0244. The standard InChI is InChI=1S/C41H22N2O2S/c42-23-24-21-31(25-11-2-1-3-12-25)43-32(22-24)27-15-10-17-30-36(27)26-13-4-6-16-29(26)41(30)39-37(28-14-5-7-18-33(28)44-39)38-40(41)45-34-19-8-9-20-35(34)46-38/h1-22H. The molecule has 5 aromatic carbocycles. The van der Waals surface area contributed by atoms with Crippen LogP contribution in [-0.2, 0) is 5.41 Å². The Morgan fingerprint density at radius 1 is 0.674 bits per heavy atom. The van der Waals surface area contributed by atoms with Gasteiger partial charge in [-0.15, -0.1) is 0 Å². The van der Waals surface area contributed by atoms with Gasteiger partial charge >= 0.3 is 0 Å². The smallest absolute Gasteiger partial charge is 0.141 e. The average Bonchev–Trinajstić information content (AvgIpc) is 3.74. The molecule has 1 spiro atoms. The fourth-order valence-corrected chi connectivity index (χ4v) is 8.67. The number of thioether (sulfide) groups is 1. The van der Waals surface area contributed by atoms with Crippen LogP contribution in [0.5, 0.6) is 5.75 Å². The molecular weight excluding hydrogens is 585 g/mol. The zero-order chi connectivity index (χ0) is 30.4. The van der Waals surface area contributed by atoms with Crippen LogP contribution in [0, 0.1) is 11.3 Å². The number of benzene rings is 5. The zero-order valence-electron chi connectivity index (χ0n) is 24.3. The first-order chi connectivity index (χ1) is 22.8. The summed E-state index contributed by atoms with van der Waals surface area (Å²) in [7, 11) is 0. The summed E-state index contributed by atoms with van der Waals surface area (Å²) in [5.41, 5.74) is 9.54. The number of rotatable bonds is 2. The maximum Gasteiger partial charge on any atom is 0.141 e. The van der Waals surface area contributed by atoms with Crippen LogP contribution in [0.3, 0.4) is 0 Å². The molecule has 2 aromatic heterocycles. The van der Waals surface area contributed by atoms with E-state index >= 15 is 0 Å². The van der Waals surface area contributed by atoms with Crippen molar-refractivity contribution in [3.05, 3.63) is 167 Å². The molecular formula is C41H22N2O2S. The molecule has 0 bridgehead atoms. The monoisotopic (exact) mass is 606 g/mol. The normalized spacial score (nSPS) is 16.8. The Balaban J connectivity index is 1.30. The summed E-state index contributed by atoms with van der Waals surface area (Å²) < 4.78 is 13.9. The van der Waals surface area contributed by atoms with E-state index in [-0.39, 0.29) is 0 Å². The van der Waals surface area contributed by atoms with Crippen LogP contribution < -0.4 is 4.74 Å². The maximum atomic E-state index is 10.1. The van der Waals surface area contributed by atoms with E-state index in [1.807, 2.05) is 66.7 Å². The number of fused-ring (bicyclic) bond motifs is 12. The lowest BCUT2D eigenvalue weighted by Crippen LogP contribution is -2.30. The molecule has 4 nitrogen and oxygen atoms in total. The van der Waals surface area contributed by atoms with Gasteiger partial charge in [-0.05, 0) is 52.6 Å². The highest BCUT2D eigenvalue weighted by atomic mass is 32.2. The van der Waals surface area contributed by atoms with Gasteiger partial charge in [-0.2, -0.15) is 5.26 Å². The van der Waals surface area contributed by atoms with Gasteiger partial charge in [-0.3, -0.25) is 0 Å². The molecule has 1 atom stereocenters. The number of hydrogen-bond acceptors (Lipinski definition) is 5. The van der Waals surface area contributed by atoms with Crippen molar-refractivity contribution in [1.82, 2.24) is 4.98 Å². The topological polar surface area (TPSA) is 59.0 Å². The van der Waals surface area contributed by atoms with E-state index in [9.17, 15) is 5.26 Å². The van der Waals surface area contributed by atoms with Gasteiger partial charge in [0.05, 0.1) is 32.8 Å². The van der Waals surface area contributed by atoms with Crippen molar-refractivity contribution in [2.75, 3.05) is 0 Å². The molecule has 0 amide bonds. The third-order valence-electron chi connectivity index (χ3n) is 9.35. The quantitative estimate of drug-likeness (QED) is 0.196. The molecule has 10 rings (SSSR count). The minimum Gasteiger partial charge on any atom is -0.459 e. The lowest BCUT2D eigenvalue weighted by molar-refractivity contribution is 0.343. The lowest BCUT2D eigenvalue weighted by Gasteiger charge is -2.31. The van der Waals surface area contributed by atoms with Gasteiger partial charge in [0.15, 0.2) is 0 Å². The molecule has 3 heterocycles. The summed E-state index contributed by atoms with van der Waals surface area (Å²) in [5.74, 6) is 2.60. The van der Waals surface area contributed by atoms with Crippen LogP contribution in [0.25, 0.3) is 49.5 Å². The van der Waals surface area contributed by atoms with Gasteiger partial charge in [0.1, 0.15) is 28.3 Å². The van der Waals surface area contributed by atoms with Gasteiger partial charge in [-0.1, -0.05) is 115 Å². The Labute approximate surface area is 269 Å². The summed E-state index contributed by atoms with van der Waals surface area (Å²) >= 11 is 1.75. The van der Waals surface area contributed by atoms with Crippen LogP contribution in [0.15, 0.2) is 149 Å². The van der Waals surface area contributed by atoms with Crippen LogP contribution in [0.1, 0.15) is 28.0 Å². The Bertz CT molecular complexity index is 2510. The molecule has 0 saturated carbocycles. The first-order valence-electron chi connectivity index (χ1n) is 15.2. The van der Waals surface area contributed by atoms with Crippen molar-refractivity contribution < 1.29 is 9.15 Å². The van der Waals surface area contributed by atoms with E-state index in [4.69, 9.17) is 14.1 Å². The van der Waals surface area contributed by atoms with Crippen molar-refractivity contribution in [3.63, 3.8) is 0 Å². The highest BCUT2D eigenvalue weighted by molar-refractivity contribution is 8.08. The van der Waals surface area contributed by atoms with Crippen LogP contribution in [0.2, 0.25) is 0 Å². The molecule has 0 fully saturated rings. The van der Waals surface area contributed by atoms with Crippen molar-refractivity contribution >= 4 is 27.6 Å². The molecule has 5 heteroatoms. The Morgan fingerprint density at radius 2 is 1.41 bits per heavy atom. The van der Waals surface area contributed by atoms with E-state index in [0.29, 0.717) is 5.56 Å². The van der Waals surface area contributed by atoms with E-state index in [0.717, 1.165) is 88.4 Å². The summed E-state index contributed by atoms with van der Waals surface area (Å²) in [6, 6.07) is 47.6. The summed E-state index contributed by atoms with van der Waals surface area (Å²) in [4.78, 5) is 7.33. The minimum absolute atomic E-state index is 0.566. The molecule has 2 aliphatic carbocycles. The summed E-state index contributed by atoms with van der Waals surface area (Å²) in [6.07, 6.45) is 0. The molecule has 1 aliphatic heterocycles. The minimum atomic E-state index is -0.804. The summed E-state index contributed by atoms with van der Waals surface area (Å²) in [5, 5.41) is 11.2. The third kappa shape index (κ3) is 3.26. The van der Waals surface area contributed by atoms with Crippen LogP contribution in [-0.4, -0.2) is 4.98 Å². The number of para-hydroxylation sites is 2. The zero-order valence-corrected chi connectivity index (χ0v) is 25.1. The number of nitrogens with zero attached hydrogens (tertiary/aromatic N) is 2. The number of nitriles is 1. The second kappa shape index (κ2) is 9.34. The Hall–Kier alpha value is -5.83. The van der Waals surface area contributed by atoms with E-state index in [1.54, 1.807) is 11.8 Å². The molecule has 0 N–H and O–H groups in total. The fourth-order valence-electron chi connectivity index (χ4n) is 7.50. The predicted octanol–water partition coefficient (Wildman–Crippen LogP) is 10.2. The number of allylic oxidation sites excluding steroid dienone is 1. The second-order valence-corrected chi connectivity index (χ2v) is 12.8. The lowest BCUT2D eigenvalue weighted by atomic mass is 9.76. The molecule has 0 radical (unpaired) electrons. The predicted molar refractivity (Wildman–Crippen MR) is 181 cm³/mol. The first kappa shape index (κ1) is 25.5. The van der Waals surface area contributed by atoms with Gasteiger partial charge < -0.3 is 9.15 Å². The largest absolute Gasteiger partial charge is 0.459 e. The SMILES string of the molecule is N#Cc1cc(-c2ccccc2)nc(-c2cccc3c2-c2ccccc2C32C3=C(Sc4ccccc4O3)c3c2oc2ccccc32)c1. The number of aromatic nitrogens is 1. The molecule has 7 aromatic rings.